The molecule has 0 unspecified atom stereocenters. The van der Waals surface area contributed by atoms with E-state index in [-0.39, 0.29) is 12.1 Å². The molecule has 1 aliphatic carbocycles. The standard InChI is InChI=1S/C11H17F3N2S/c12-11(13,14)6-7-15-9-16-10(8-17-9)4-2-1-3-5-10/h1-8H2,(H,15,16). The third kappa shape index (κ3) is 3.79. The van der Waals surface area contributed by atoms with Crippen molar-refractivity contribution < 1.29 is 13.2 Å². The van der Waals surface area contributed by atoms with Crippen LogP contribution in [0.2, 0.25) is 0 Å². The quantitative estimate of drug-likeness (QED) is 0.829. The molecule has 0 radical (unpaired) electrons. The van der Waals surface area contributed by atoms with E-state index in [2.05, 4.69) is 10.3 Å². The Balaban J connectivity index is 1.82. The number of nitrogens with one attached hydrogen (secondary N) is 1. The molecule has 0 aromatic rings. The van der Waals surface area contributed by atoms with Gasteiger partial charge in [0.15, 0.2) is 5.17 Å². The van der Waals surface area contributed by atoms with Crippen molar-refractivity contribution in [3.05, 3.63) is 0 Å². The first-order valence-electron chi connectivity index (χ1n) is 6.01. The molecule has 1 spiro atoms. The highest BCUT2D eigenvalue weighted by Crippen LogP contribution is 2.36. The summed E-state index contributed by atoms with van der Waals surface area (Å²) in [4.78, 5) is 4.01. The van der Waals surface area contributed by atoms with Crippen LogP contribution < -0.4 is 5.32 Å². The summed E-state index contributed by atoms with van der Waals surface area (Å²) in [6, 6.07) is 0. The Morgan fingerprint density at radius 2 is 1.94 bits per heavy atom. The van der Waals surface area contributed by atoms with Gasteiger partial charge in [-0.05, 0) is 12.8 Å². The number of halogens is 3. The topological polar surface area (TPSA) is 24.4 Å². The molecule has 1 saturated heterocycles. The minimum atomic E-state index is -4.10. The smallest absolute Gasteiger partial charge is 0.359 e. The Labute approximate surface area is 103 Å². The van der Waals surface area contributed by atoms with Crippen LogP contribution in [0.4, 0.5) is 13.2 Å². The van der Waals surface area contributed by atoms with Crippen molar-refractivity contribution in [1.29, 1.82) is 0 Å². The number of rotatable bonds is 2. The van der Waals surface area contributed by atoms with Gasteiger partial charge in [0, 0.05) is 11.3 Å². The summed E-state index contributed by atoms with van der Waals surface area (Å²) in [5.74, 6) is 0.956. The second-order valence-corrected chi connectivity index (χ2v) is 5.77. The number of amidine groups is 1. The monoisotopic (exact) mass is 266 g/mol. The first-order chi connectivity index (χ1) is 7.99. The minimum Gasteiger partial charge on any atom is -0.359 e. The normalized spacial score (nSPS) is 26.4. The molecular weight excluding hydrogens is 249 g/mol. The maximum atomic E-state index is 12.0. The second-order valence-electron chi connectivity index (χ2n) is 4.81. The molecule has 0 aromatic carbocycles. The summed E-state index contributed by atoms with van der Waals surface area (Å²) in [7, 11) is 0. The van der Waals surface area contributed by atoms with Crippen LogP contribution in [0.25, 0.3) is 0 Å². The maximum absolute atomic E-state index is 12.0. The van der Waals surface area contributed by atoms with Crippen molar-refractivity contribution in [2.45, 2.75) is 50.2 Å². The van der Waals surface area contributed by atoms with Gasteiger partial charge in [-0.1, -0.05) is 31.0 Å². The van der Waals surface area contributed by atoms with E-state index in [1.165, 1.54) is 19.3 Å². The van der Waals surface area contributed by atoms with Gasteiger partial charge in [0.25, 0.3) is 0 Å². The molecule has 6 heteroatoms. The molecule has 1 heterocycles. The van der Waals surface area contributed by atoms with Crippen molar-refractivity contribution in [1.82, 2.24) is 5.32 Å². The maximum Gasteiger partial charge on any atom is 0.390 e. The zero-order valence-corrected chi connectivity index (χ0v) is 10.5. The summed E-state index contributed by atoms with van der Waals surface area (Å²) >= 11 is 1.57. The van der Waals surface area contributed by atoms with E-state index in [4.69, 9.17) is 0 Å². The van der Waals surface area contributed by atoms with Crippen molar-refractivity contribution in [2.75, 3.05) is 12.3 Å². The predicted octanol–water partition coefficient (Wildman–Crippen LogP) is 3.33. The number of hydrogen-bond acceptors (Lipinski definition) is 2. The Bertz CT molecular complexity index is 296. The van der Waals surface area contributed by atoms with E-state index in [0.29, 0.717) is 5.17 Å². The van der Waals surface area contributed by atoms with Gasteiger partial charge < -0.3 is 5.32 Å². The van der Waals surface area contributed by atoms with Gasteiger partial charge >= 0.3 is 6.18 Å². The molecule has 1 aliphatic heterocycles. The molecule has 2 fully saturated rings. The summed E-state index contributed by atoms with van der Waals surface area (Å²) < 4.78 is 35.9. The van der Waals surface area contributed by atoms with Crippen molar-refractivity contribution in [2.24, 2.45) is 4.99 Å². The van der Waals surface area contributed by atoms with Crippen LogP contribution >= 0.6 is 11.8 Å². The Morgan fingerprint density at radius 1 is 1.24 bits per heavy atom. The summed E-state index contributed by atoms with van der Waals surface area (Å²) in [6.07, 6.45) is 1.01. The zero-order valence-electron chi connectivity index (χ0n) is 9.65. The lowest BCUT2D eigenvalue weighted by atomic mass is 9.83. The highest BCUT2D eigenvalue weighted by Gasteiger charge is 2.38. The van der Waals surface area contributed by atoms with Gasteiger partial charge in [0.1, 0.15) is 0 Å². The minimum absolute atomic E-state index is 0.125. The van der Waals surface area contributed by atoms with E-state index in [0.717, 1.165) is 18.6 Å². The van der Waals surface area contributed by atoms with Gasteiger partial charge in [-0.2, -0.15) is 13.2 Å². The summed E-state index contributed by atoms with van der Waals surface area (Å²) in [5, 5.41) is 4.04. The van der Waals surface area contributed by atoms with E-state index < -0.39 is 12.6 Å². The highest BCUT2D eigenvalue weighted by molar-refractivity contribution is 8.14. The van der Waals surface area contributed by atoms with Crippen LogP contribution in [0.5, 0.6) is 0 Å². The second kappa shape index (κ2) is 5.08. The molecule has 0 atom stereocenters. The molecule has 0 aromatic heterocycles. The lowest BCUT2D eigenvalue weighted by Gasteiger charge is -2.32. The van der Waals surface area contributed by atoms with Crippen molar-refractivity contribution >= 4 is 16.9 Å². The number of thioether (sulfide) groups is 1. The Hall–Kier alpha value is -0.390. The third-order valence-corrected chi connectivity index (χ3v) is 4.52. The lowest BCUT2D eigenvalue weighted by molar-refractivity contribution is -0.132. The van der Waals surface area contributed by atoms with Crippen LogP contribution in [-0.4, -0.2) is 29.2 Å². The largest absolute Gasteiger partial charge is 0.390 e. The Morgan fingerprint density at radius 3 is 2.59 bits per heavy atom. The molecule has 2 nitrogen and oxygen atoms in total. The first-order valence-corrected chi connectivity index (χ1v) is 7.00. The average Bonchev–Trinajstić information content (AvgIpc) is 2.61. The molecule has 2 aliphatic rings. The third-order valence-electron chi connectivity index (χ3n) is 3.32. The van der Waals surface area contributed by atoms with Crippen LogP contribution in [0, 0.1) is 0 Å². The van der Waals surface area contributed by atoms with Crippen LogP contribution in [0.3, 0.4) is 0 Å². The SMILES string of the molecule is FC(F)(F)CCN=C1NC2(CCCCC2)CS1. The van der Waals surface area contributed by atoms with Crippen LogP contribution in [-0.2, 0) is 0 Å². The molecule has 17 heavy (non-hydrogen) atoms. The van der Waals surface area contributed by atoms with E-state index >= 15 is 0 Å². The molecule has 1 N–H and O–H groups in total. The fraction of sp³-hybridized carbons (Fsp3) is 0.909. The fourth-order valence-electron chi connectivity index (χ4n) is 2.37. The van der Waals surface area contributed by atoms with Gasteiger partial charge in [0.05, 0.1) is 13.0 Å². The van der Waals surface area contributed by atoms with Crippen LogP contribution in [0.15, 0.2) is 4.99 Å². The number of alkyl halides is 3. The average molecular weight is 266 g/mol. The van der Waals surface area contributed by atoms with E-state index in [1.807, 2.05) is 0 Å². The van der Waals surface area contributed by atoms with Crippen molar-refractivity contribution in [3.8, 4) is 0 Å². The Kier molecular flexibility index (Phi) is 3.90. The van der Waals surface area contributed by atoms with Crippen molar-refractivity contribution in [3.63, 3.8) is 0 Å². The van der Waals surface area contributed by atoms with Gasteiger partial charge in [-0.3, -0.25) is 4.99 Å². The van der Waals surface area contributed by atoms with Gasteiger partial charge in [-0.15, -0.1) is 0 Å². The molecule has 0 amide bonds. The lowest BCUT2D eigenvalue weighted by Crippen LogP contribution is -2.45. The zero-order chi connectivity index (χ0) is 12.4. The molecule has 0 bridgehead atoms. The molecule has 1 saturated carbocycles. The molecular formula is C11H17F3N2S. The van der Waals surface area contributed by atoms with E-state index in [9.17, 15) is 13.2 Å². The number of nitrogens with zero attached hydrogens (tertiary/aromatic N) is 1. The number of hydrogen-bond donors (Lipinski definition) is 1. The van der Waals surface area contributed by atoms with Crippen LogP contribution in [0.1, 0.15) is 38.5 Å². The molecule has 2 rings (SSSR count). The van der Waals surface area contributed by atoms with Gasteiger partial charge in [0.2, 0.25) is 0 Å². The van der Waals surface area contributed by atoms with Gasteiger partial charge in [-0.25, -0.2) is 0 Å². The summed E-state index contributed by atoms with van der Waals surface area (Å²) in [6.45, 7) is -0.158. The molecule has 98 valence electrons. The first kappa shape index (κ1) is 13.1. The van der Waals surface area contributed by atoms with E-state index in [1.54, 1.807) is 11.8 Å². The number of aliphatic imine (C=N–C) groups is 1. The summed E-state index contributed by atoms with van der Waals surface area (Å²) in [5.41, 5.74) is 0.125. The predicted molar refractivity (Wildman–Crippen MR) is 64.4 cm³/mol. The highest BCUT2D eigenvalue weighted by atomic mass is 32.2. The fourth-order valence-corrected chi connectivity index (χ4v) is 3.62.